The minimum absolute atomic E-state index is 0.0527. The van der Waals surface area contributed by atoms with E-state index < -0.39 is 5.82 Å². The summed E-state index contributed by atoms with van der Waals surface area (Å²) in [6, 6.07) is 3.03. The molecule has 0 bridgehead atoms. The first-order chi connectivity index (χ1) is 6.65. The fourth-order valence-electron chi connectivity index (χ4n) is 1.05. The van der Waals surface area contributed by atoms with Gasteiger partial charge in [-0.15, -0.1) is 0 Å². The van der Waals surface area contributed by atoms with Crippen molar-refractivity contribution < 1.29 is 13.9 Å². The summed E-state index contributed by atoms with van der Waals surface area (Å²) in [6.07, 6.45) is 0. The maximum absolute atomic E-state index is 13.3. The number of benzene rings is 1. The molecular weight excluding hydrogens is 209 g/mol. The van der Waals surface area contributed by atoms with Crippen LogP contribution in [0.3, 0.4) is 0 Å². The molecule has 1 aromatic rings. The molecule has 5 heteroatoms. The molecule has 0 fully saturated rings. The Morgan fingerprint density at radius 1 is 1.36 bits per heavy atom. The van der Waals surface area contributed by atoms with Gasteiger partial charge in [0.2, 0.25) is 0 Å². The lowest BCUT2D eigenvalue weighted by Gasteiger charge is -2.10. The highest BCUT2D eigenvalue weighted by atomic mass is 35.5. The van der Waals surface area contributed by atoms with Gasteiger partial charge < -0.3 is 9.47 Å². The molecule has 0 atom stereocenters. The van der Waals surface area contributed by atoms with Crippen LogP contribution in [0.1, 0.15) is 5.56 Å². The van der Waals surface area contributed by atoms with E-state index in [1.807, 2.05) is 6.07 Å². The lowest BCUT2D eigenvalue weighted by atomic mass is 10.2. The lowest BCUT2D eigenvalue weighted by molar-refractivity contribution is 0.337. The van der Waals surface area contributed by atoms with Crippen molar-refractivity contribution in [1.82, 2.24) is 0 Å². The minimum atomic E-state index is -0.731. The van der Waals surface area contributed by atoms with Crippen molar-refractivity contribution in [3.8, 4) is 17.6 Å². The van der Waals surface area contributed by atoms with Crippen LogP contribution < -0.4 is 9.47 Å². The fourth-order valence-corrected chi connectivity index (χ4v) is 1.25. The maximum Gasteiger partial charge on any atom is 0.199 e. The van der Waals surface area contributed by atoms with E-state index in [1.165, 1.54) is 20.3 Å². The molecule has 0 heterocycles. The van der Waals surface area contributed by atoms with E-state index in [4.69, 9.17) is 26.3 Å². The summed E-state index contributed by atoms with van der Waals surface area (Å²) in [7, 11) is 2.60. The molecule has 0 aliphatic rings. The number of hydrogen-bond acceptors (Lipinski definition) is 3. The molecule has 0 saturated carbocycles. The quantitative estimate of drug-likeness (QED) is 0.761. The Balaban J connectivity index is 3.52. The molecule has 0 saturated heterocycles. The van der Waals surface area contributed by atoms with Gasteiger partial charge in [0.15, 0.2) is 17.3 Å². The molecule has 74 valence electrons. The molecule has 0 N–H and O–H groups in total. The summed E-state index contributed by atoms with van der Waals surface area (Å²) in [5.41, 5.74) is 0.135. The van der Waals surface area contributed by atoms with Crippen LogP contribution in [0.2, 0.25) is 5.02 Å². The van der Waals surface area contributed by atoms with Gasteiger partial charge in [0, 0.05) is 0 Å². The number of rotatable bonds is 2. The Hall–Kier alpha value is -1.47. The Morgan fingerprint density at radius 3 is 2.36 bits per heavy atom. The van der Waals surface area contributed by atoms with Crippen LogP contribution >= 0.6 is 11.6 Å². The number of hydrogen-bond donors (Lipinski definition) is 0. The summed E-state index contributed by atoms with van der Waals surface area (Å²) >= 11 is 5.54. The molecule has 0 aliphatic carbocycles. The van der Waals surface area contributed by atoms with Gasteiger partial charge in [0.05, 0.1) is 24.8 Å². The third kappa shape index (κ3) is 1.59. The van der Waals surface area contributed by atoms with Crippen molar-refractivity contribution in [3.63, 3.8) is 0 Å². The van der Waals surface area contributed by atoms with E-state index in [9.17, 15) is 4.39 Å². The first-order valence-corrected chi connectivity index (χ1v) is 4.03. The van der Waals surface area contributed by atoms with E-state index in [2.05, 4.69) is 0 Å². The Labute approximate surface area is 85.6 Å². The zero-order valence-corrected chi connectivity index (χ0v) is 8.35. The Bertz CT molecular complexity index is 401. The molecule has 14 heavy (non-hydrogen) atoms. The third-order valence-corrected chi connectivity index (χ3v) is 1.93. The first kappa shape index (κ1) is 10.6. The van der Waals surface area contributed by atoms with Crippen LogP contribution in [-0.4, -0.2) is 14.2 Å². The number of methoxy groups -OCH3 is 2. The largest absolute Gasteiger partial charge is 0.491 e. The highest BCUT2D eigenvalue weighted by Gasteiger charge is 2.18. The second-order valence-corrected chi connectivity index (χ2v) is 2.81. The van der Waals surface area contributed by atoms with E-state index in [0.717, 1.165) is 0 Å². The number of nitriles is 1. The second kappa shape index (κ2) is 4.16. The monoisotopic (exact) mass is 215 g/mol. The number of ether oxygens (including phenoxy) is 2. The summed E-state index contributed by atoms with van der Waals surface area (Å²) in [4.78, 5) is 0. The highest BCUT2D eigenvalue weighted by Crippen LogP contribution is 2.37. The van der Waals surface area contributed by atoms with Gasteiger partial charge in [0.25, 0.3) is 0 Å². The molecule has 1 rings (SSSR count). The summed E-state index contributed by atoms with van der Waals surface area (Å²) in [5, 5.41) is 8.55. The zero-order valence-electron chi connectivity index (χ0n) is 7.60. The van der Waals surface area contributed by atoms with E-state index in [-0.39, 0.29) is 22.1 Å². The van der Waals surface area contributed by atoms with Crippen LogP contribution in [0.5, 0.6) is 11.5 Å². The molecule has 0 aliphatic heterocycles. The van der Waals surface area contributed by atoms with E-state index >= 15 is 0 Å². The topological polar surface area (TPSA) is 42.2 Å². The lowest BCUT2D eigenvalue weighted by Crippen LogP contribution is -1.97. The number of nitrogens with zero attached hydrogens (tertiary/aromatic N) is 1. The van der Waals surface area contributed by atoms with Crippen molar-refractivity contribution in [2.45, 2.75) is 0 Å². The van der Waals surface area contributed by atoms with Gasteiger partial charge >= 0.3 is 0 Å². The summed E-state index contributed by atoms with van der Waals surface area (Å²) in [5.74, 6) is -0.835. The molecule has 0 aromatic heterocycles. The van der Waals surface area contributed by atoms with Gasteiger partial charge in [0.1, 0.15) is 6.07 Å². The van der Waals surface area contributed by atoms with Gasteiger partial charge in [-0.3, -0.25) is 0 Å². The van der Waals surface area contributed by atoms with Crippen LogP contribution in [0.4, 0.5) is 4.39 Å². The van der Waals surface area contributed by atoms with Crippen molar-refractivity contribution in [1.29, 1.82) is 5.26 Å². The van der Waals surface area contributed by atoms with Gasteiger partial charge in [-0.05, 0) is 6.07 Å². The normalized spacial score (nSPS) is 9.36. The van der Waals surface area contributed by atoms with Gasteiger partial charge in [-0.2, -0.15) is 5.26 Å². The standard InChI is InChI=1S/C9H7ClFNO2/c1-13-8-5(4-12)3-6(10)7(11)9(8)14-2/h3H,1-2H3. The predicted molar refractivity (Wildman–Crippen MR) is 49.2 cm³/mol. The number of halogens is 2. The van der Waals surface area contributed by atoms with Gasteiger partial charge in [-0.1, -0.05) is 11.6 Å². The molecular formula is C9H7ClFNO2. The predicted octanol–water partition coefficient (Wildman–Crippen LogP) is 2.37. The molecule has 0 unspecified atom stereocenters. The average molecular weight is 216 g/mol. The zero-order chi connectivity index (χ0) is 10.7. The minimum Gasteiger partial charge on any atom is -0.491 e. The Kier molecular flexibility index (Phi) is 3.15. The van der Waals surface area contributed by atoms with Crippen molar-refractivity contribution in [2.75, 3.05) is 14.2 Å². The SMILES string of the molecule is COc1c(C#N)cc(Cl)c(F)c1OC. The molecule has 0 radical (unpaired) electrons. The molecule has 0 spiro atoms. The smallest absolute Gasteiger partial charge is 0.199 e. The van der Waals surface area contributed by atoms with Crippen LogP contribution in [0.15, 0.2) is 6.07 Å². The summed E-state index contributed by atoms with van der Waals surface area (Å²) < 4.78 is 22.9. The maximum atomic E-state index is 13.3. The molecule has 0 amide bonds. The first-order valence-electron chi connectivity index (χ1n) is 3.65. The molecule has 3 nitrogen and oxygen atoms in total. The van der Waals surface area contributed by atoms with E-state index in [1.54, 1.807) is 0 Å². The molecule has 1 aromatic carbocycles. The fraction of sp³-hybridized carbons (Fsp3) is 0.222. The Morgan fingerprint density at radius 2 is 1.93 bits per heavy atom. The van der Waals surface area contributed by atoms with Crippen LogP contribution in [0, 0.1) is 17.1 Å². The second-order valence-electron chi connectivity index (χ2n) is 2.40. The van der Waals surface area contributed by atoms with Crippen LogP contribution in [0.25, 0.3) is 0 Å². The van der Waals surface area contributed by atoms with Crippen molar-refractivity contribution >= 4 is 11.6 Å². The van der Waals surface area contributed by atoms with Gasteiger partial charge in [-0.25, -0.2) is 4.39 Å². The van der Waals surface area contributed by atoms with Crippen molar-refractivity contribution in [3.05, 3.63) is 22.5 Å². The third-order valence-electron chi connectivity index (χ3n) is 1.66. The van der Waals surface area contributed by atoms with Crippen molar-refractivity contribution in [2.24, 2.45) is 0 Å². The summed E-state index contributed by atoms with van der Waals surface area (Å²) in [6.45, 7) is 0. The average Bonchev–Trinajstić information content (AvgIpc) is 2.20. The van der Waals surface area contributed by atoms with Crippen LogP contribution in [-0.2, 0) is 0 Å². The highest BCUT2D eigenvalue weighted by molar-refractivity contribution is 6.31. The van der Waals surface area contributed by atoms with E-state index in [0.29, 0.717) is 0 Å².